The summed E-state index contributed by atoms with van der Waals surface area (Å²) in [6.07, 6.45) is 0.473. The molecule has 0 radical (unpaired) electrons. The van der Waals surface area contributed by atoms with Crippen molar-refractivity contribution in [3.63, 3.8) is 0 Å². The molecule has 0 aliphatic heterocycles. The highest BCUT2D eigenvalue weighted by molar-refractivity contribution is 5.77. The monoisotopic (exact) mass is 192 g/mol. The molecule has 0 saturated carbocycles. The van der Waals surface area contributed by atoms with E-state index in [0.717, 1.165) is 6.42 Å². The molecule has 0 aliphatic carbocycles. The standard InChI is InChI=1S/C4H11NO.C3H7NO.C2H6/c1-2-4(6)3-5;1-3(5)2-4;1-2/h4,6H,2-3,5H2,1H3;2,4H2,1H3;1-2H3. The minimum Gasteiger partial charge on any atom is -0.392 e. The summed E-state index contributed by atoms with van der Waals surface area (Å²) in [5, 5.41) is 8.54. The summed E-state index contributed by atoms with van der Waals surface area (Å²) in [4.78, 5) is 9.69. The Morgan fingerprint density at radius 3 is 1.69 bits per heavy atom. The Morgan fingerprint density at radius 2 is 1.69 bits per heavy atom. The quantitative estimate of drug-likeness (QED) is 0.599. The van der Waals surface area contributed by atoms with Gasteiger partial charge < -0.3 is 16.6 Å². The highest BCUT2D eigenvalue weighted by Gasteiger charge is 1.90. The zero-order chi connectivity index (χ0) is 11.3. The van der Waals surface area contributed by atoms with Gasteiger partial charge in [-0.2, -0.15) is 0 Å². The van der Waals surface area contributed by atoms with Crippen molar-refractivity contribution in [2.24, 2.45) is 11.5 Å². The molecule has 13 heavy (non-hydrogen) atoms. The third-order valence-electron chi connectivity index (χ3n) is 1.03. The number of rotatable bonds is 3. The minimum absolute atomic E-state index is 0.0324. The van der Waals surface area contributed by atoms with Gasteiger partial charge in [0.2, 0.25) is 0 Å². The van der Waals surface area contributed by atoms with Gasteiger partial charge in [0, 0.05) is 6.54 Å². The van der Waals surface area contributed by atoms with Gasteiger partial charge in [-0.05, 0) is 13.3 Å². The molecule has 0 fully saturated rings. The molecule has 0 bridgehead atoms. The summed E-state index contributed by atoms with van der Waals surface area (Å²) in [6, 6.07) is 0. The number of hydrogen-bond acceptors (Lipinski definition) is 4. The van der Waals surface area contributed by atoms with Crippen LogP contribution >= 0.6 is 0 Å². The third kappa shape index (κ3) is 34.2. The SMILES string of the molecule is CC.CC(=O)CN.CCC(O)CN. The van der Waals surface area contributed by atoms with E-state index in [0.29, 0.717) is 6.54 Å². The molecule has 4 heteroatoms. The maximum Gasteiger partial charge on any atom is 0.143 e. The third-order valence-corrected chi connectivity index (χ3v) is 1.03. The van der Waals surface area contributed by atoms with Crippen LogP contribution in [0.2, 0.25) is 0 Å². The predicted octanol–water partition coefficient (Wildman–Crippen LogP) is 0.276. The van der Waals surface area contributed by atoms with Crippen LogP contribution in [0.5, 0.6) is 0 Å². The maximum atomic E-state index is 9.69. The first kappa shape index (κ1) is 18.4. The average molecular weight is 192 g/mol. The molecular formula is C9H24N2O2. The van der Waals surface area contributed by atoms with Crippen molar-refractivity contribution in [3.05, 3.63) is 0 Å². The highest BCUT2D eigenvalue weighted by Crippen LogP contribution is 1.81. The summed E-state index contributed by atoms with van der Waals surface area (Å²) in [5.41, 5.74) is 9.85. The van der Waals surface area contributed by atoms with Crippen LogP contribution in [0.15, 0.2) is 0 Å². The van der Waals surface area contributed by atoms with Gasteiger partial charge in [0.1, 0.15) is 5.78 Å². The summed E-state index contributed by atoms with van der Waals surface area (Å²) in [5.74, 6) is 0.0324. The number of nitrogens with two attached hydrogens (primary N) is 2. The molecule has 5 N–H and O–H groups in total. The fourth-order valence-corrected chi connectivity index (χ4v) is 0.167. The number of aliphatic hydroxyl groups is 1. The van der Waals surface area contributed by atoms with E-state index in [9.17, 15) is 4.79 Å². The first-order chi connectivity index (χ1) is 6.08. The van der Waals surface area contributed by atoms with Crippen LogP contribution in [-0.4, -0.2) is 30.1 Å². The molecule has 1 unspecified atom stereocenters. The van der Waals surface area contributed by atoms with Gasteiger partial charge in [0.05, 0.1) is 12.6 Å². The van der Waals surface area contributed by atoms with Crippen LogP contribution < -0.4 is 11.5 Å². The molecule has 0 aromatic heterocycles. The lowest BCUT2D eigenvalue weighted by atomic mass is 10.3. The number of aliphatic hydroxyl groups excluding tert-OH is 1. The fraction of sp³-hybridized carbons (Fsp3) is 0.889. The van der Waals surface area contributed by atoms with E-state index in [1.54, 1.807) is 0 Å². The van der Waals surface area contributed by atoms with E-state index in [2.05, 4.69) is 0 Å². The molecule has 0 heterocycles. The van der Waals surface area contributed by atoms with Crippen molar-refractivity contribution >= 4 is 5.78 Å². The second-order valence-corrected chi connectivity index (χ2v) is 2.20. The Balaban J connectivity index is -0.000000131. The van der Waals surface area contributed by atoms with Crippen LogP contribution in [0.4, 0.5) is 0 Å². The highest BCUT2D eigenvalue weighted by atomic mass is 16.3. The second-order valence-electron chi connectivity index (χ2n) is 2.20. The molecule has 1 atom stereocenters. The normalized spacial score (nSPS) is 10.1. The molecule has 0 aromatic rings. The van der Waals surface area contributed by atoms with E-state index in [1.807, 2.05) is 20.8 Å². The molecule has 0 aromatic carbocycles. The van der Waals surface area contributed by atoms with E-state index < -0.39 is 0 Å². The van der Waals surface area contributed by atoms with Crippen LogP contribution in [0.25, 0.3) is 0 Å². The number of Topliss-reactive ketones (excluding diaryl/α,β-unsaturated/α-hetero) is 1. The molecule has 0 aliphatic rings. The molecule has 0 saturated heterocycles. The van der Waals surface area contributed by atoms with Gasteiger partial charge >= 0.3 is 0 Å². The van der Waals surface area contributed by atoms with Crippen molar-refractivity contribution in [1.82, 2.24) is 0 Å². The van der Waals surface area contributed by atoms with E-state index in [1.165, 1.54) is 6.92 Å². The Bertz CT molecular complexity index is 93.6. The van der Waals surface area contributed by atoms with Crippen LogP contribution in [-0.2, 0) is 4.79 Å². The maximum absolute atomic E-state index is 9.69. The zero-order valence-electron chi connectivity index (χ0n) is 9.21. The largest absolute Gasteiger partial charge is 0.392 e. The van der Waals surface area contributed by atoms with Gasteiger partial charge in [-0.3, -0.25) is 4.79 Å². The molecule has 0 rings (SSSR count). The van der Waals surface area contributed by atoms with Crippen molar-refractivity contribution in [2.45, 2.75) is 40.2 Å². The predicted molar refractivity (Wildman–Crippen MR) is 56.4 cm³/mol. The number of carbonyl (C=O) groups is 1. The number of hydrogen-bond donors (Lipinski definition) is 3. The van der Waals surface area contributed by atoms with E-state index in [-0.39, 0.29) is 18.4 Å². The van der Waals surface area contributed by atoms with Crippen molar-refractivity contribution in [2.75, 3.05) is 13.1 Å². The summed E-state index contributed by atoms with van der Waals surface area (Å²) in [6.45, 7) is 7.91. The number of ketones is 1. The second kappa shape index (κ2) is 17.6. The van der Waals surface area contributed by atoms with Crippen LogP contribution in [0.3, 0.4) is 0 Å². The average Bonchev–Trinajstić information content (AvgIpc) is 2.20. The summed E-state index contributed by atoms with van der Waals surface area (Å²) in [7, 11) is 0. The van der Waals surface area contributed by atoms with Crippen molar-refractivity contribution in [1.29, 1.82) is 0 Å². The van der Waals surface area contributed by atoms with E-state index >= 15 is 0 Å². The zero-order valence-corrected chi connectivity index (χ0v) is 9.21. The van der Waals surface area contributed by atoms with Gasteiger partial charge in [-0.1, -0.05) is 20.8 Å². The first-order valence-corrected chi connectivity index (χ1v) is 4.66. The van der Waals surface area contributed by atoms with Gasteiger partial charge in [-0.15, -0.1) is 0 Å². The topological polar surface area (TPSA) is 89.3 Å². The summed E-state index contributed by atoms with van der Waals surface area (Å²) < 4.78 is 0. The molecule has 82 valence electrons. The summed E-state index contributed by atoms with van der Waals surface area (Å²) >= 11 is 0. The fourth-order valence-electron chi connectivity index (χ4n) is 0.167. The Morgan fingerprint density at radius 1 is 1.38 bits per heavy atom. The lowest BCUT2D eigenvalue weighted by Gasteiger charge is -1.98. The number of carbonyl (C=O) groups excluding carboxylic acids is 1. The molecule has 0 amide bonds. The van der Waals surface area contributed by atoms with E-state index in [4.69, 9.17) is 16.6 Å². The van der Waals surface area contributed by atoms with Gasteiger partial charge in [0.15, 0.2) is 0 Å². The Labute approximate surface area is 81.3 Å². The lowest BCUT2D eigenvalue weighted by Crippen LogP contribution is -2.17. The van der Waals surface area contributed by atoms with Crippen molar-refractivity contribution < 1.29 is 9.90 Å². The smallest absolute Gasteiger partial charge is 0.143 e. The van der Waals surface area contributed by atoms with Crippen LogP contribution in [0, 0.1) is 0 Å². The lowest BCUT2D eigenvalue weighted by molar-refractivity contribution is -0.115. The molecule has 0 spiro atoms. The minimum atomic E-state index is -0.287. The van der Waals surface area contributed by atoms with Crippen LogP contribution in [0.1, 0.15) is 34.1 Å². The molecular weight excluding hydrogens is 168 g/mol. The Kier molecular flexibility index (Phi) is 24.8. The van der Waals surface area contributed by atoms with Gasteiger partial charge in [-0.25, -0.2) is 0 Å². The Hall–Kier alpha value is -0.450. The van der Waals surface area contributed by atoms with Gasteiger partial charge in [0.25, 0.3) is 0 Å². The first-order valence-electron chi connectivity index (χ1n) is 4.66. The molecule has 4 nitrogen and oxygen atoms in total. The van der Waals surface area contributed by atoms with Crippen molar-refractivity contribution in [3.8, 4) is 0 Å².